The van der Waals surface area contributed by atoms with E-state index in [-0.39, 0.29) is 18.0 Å². The summed E-state index contributed by atoms with van der Waals surface area (Å²) in [4.78, 5) is 30.3. The molecule has 2 heterocycles. The molecule has 0 aliphatic heterocycles. The van der Waals surface area contributed by atoms with Gasteiger partial charge in [0, 0.05) is 22.0 Å². The number of carbonyl (C=O) groups excluding carboxylic acids is 1. The first-order valence-electron chi connectivity index (χ1n) is 9.04. The van der Waals surface area contributed by atoms with E-state index in [1.54, 1.807) is 33.2 Å². The lowest BCUT2D eigenvalue weighted by molar-refractivity contribution is -0.116. The Morgan fingerprint density at radius 3 is 2.57 bits per heavy atom. The van der Waals surface area contributed by atoms with Crippen LogP contribution < -0.4 is 10.9 Å². The molecule has 1 amide bonds. The van der Waals surface area contributed by atoms with Gasteiger partial charge in [0.15, 0.2) is 0 Å². The largest absolute Gasteiger partial charge is 0.325 e. The minimum Gasteiger partial charge on any atom is -0.325 e. The van der Waals surface area contributed by atoms with Gasteiger partial charge in [-0.2, -0.15) is 0 Å². The van der Waals surface area contributed by atoms with Crippen LogP contribution >= 0.6 is 11.6 Å². The zero-order valence-electron chi connectivity index (χ0n) is 15.6. The Balaban J connectivity index is 1.82. The van der Waals surface area contributed by atoms with Gasteiger partial charge in [-0.15, -0.1) is 0 Å². The van der Waals surface area contributed by atoms with Crippen LogP contribution in [0.2, 0.25) is 5.02 Å². The van der Waals surface area contributed by atoms with Gasteiger partial charge >= 0.3 is 0 Å². The SMILES string of the molecule is CCc1c(C)n(CC(=O)Nc2ccc(Cl)cc2)c2nc3ccccc3n2c1=O. The van der Waals surface area contributed by atoms with Crippen molar-refractivity contribution in [2.24, 2.45) is 0 Å². The lowest BCUT2D eigenvalue weighted by Crippen LogP contribution is -2.28. The van der Waals surface area contributed by atoms with Crippen LogP contribution in [0, 0.1) is 6.92 Å². The molecule has 0 saturated heterocycles. The highest BCUT2D eigenvalue weighted by atomic mass is 35.5. The smallest absolute Gasteiger partial charge is 0.262 e. The molecule has 2 aromatic carbocycles. The number of fused-ring (bicyclic) bond motifs is 3. The van der Waals surface area contributed by atoms with Crippen LogP contribution in [0.5, 0.6) is 0 Å². The summed E-state index contributed by atoms with van der Waals surface area (Å²) < 4.78 is 3.39. The summed E-state index contributed by atoms with van der Waals surface area (Å²) in [6.07, 6.45) is 0.575. The summed E-state index contributed by atoms with van der Waals surface area (Å²) in [6.45, 7) is 3.84. The maximum atomic E-state index is 13.0. The molecule has 7 heteroatoms. The Kier molecular flexibility index (Phi) is 4.65. The van der Waals surface area contributed by atoms with Crippen molar-refractivity contribution in [3.8, 4) is 0 Å². The summed E-state index contributed by atoms with van der Waals surface area (Å²) >= 11 is 5.89. The van der Waals surface area contributed by atoms with Crippen LogP contribution in [0.4, 0.5) is 5.69 Å². The second-order valence-electron chi connectivity index (χ2n) is 6.60. The number of imidazole rings is 1. The Bertz CT molecular complexity index is 1260. The Hall–Kier alpha value is -3.12. The van der Waals surface area contributed by atoms with E-state index in [2.05, 4.69) is 10.3 Å². The number of halogens is 1. The normalized spacial score (nSPS) is 11.2. The highest BCUT2D eigenvalue weighted by Crippen LogP contribution is 2.18. The molecule has 0 bridgehead atoms. The zero-order valence-corrected chi connectivity index (χ0v) is 16.3. The van der Waals surface area contributed by atoms with Crippen LogP contribution in [0.3, 0.4) is 0 Å². The van der Waals surface area contributed by atoms with Crippen molar-refractivity contribution in [2.45, 2.75) is 26.8 Å². The van der Waals surface area contributed by atoms with Crippen molar-refractivity contribution in [3.05, 3.63) is 75.2 Å². The second kappa shape index (κ2) is 7.13. The number of aromatic nitrogens is 3. The predicted molar refractivity (Wildman–Crippen MR) is 111 cm³/mol. The molecule has 0 unspecified atom stereocenters. The van der Waals surface area contributed by atoms with Crippen molar-refractivity contribution >= 4 is 40.0 Å². The summed E-state index contributed by atoms with van der Waals surface area (Å²) in [5.41, 5.74) is 3.46. The third kappa shape index (κ3) is 3.05. The van der Waals surface area contributed by atoms with Crippen molar-refractivity contribution in [1.82, 2.24) is 14.0 Å². The predicted octanol–water partition coefficient (Wildman–Crippen LogP) is 3.81. The molecule has 0 radical (unpaired) electrons. The minimum absolute atomic E-state index is 0.0502. The van der Waals surface area contributed by atoms with Gasteiger partial charge < -0.3 is 9.88 Å². The molecule has 4 aromatic rings. The average Bonchev–Trinajstić information content (AvgIpc) is 3.07. The first kappa shape index (κ1) is 18.3. The van der Waals surface area contributed by atoms with E-state index in [4.69, 9.17) is 11.6 Å². The van der Waals surface area contributed by atoms with Gasteiger partial charge in [0.2, 0.25) is 11.7 Å². The Labute approximate surface area is 166 Å². The lowest BCUT2D eigenvalue weighted by atomic mass is 10.2. The highest BCUT2D eigenvalue weighted by Gasteiger charge is 2.18. The quantitative estimate of drug-likeness (QED) is 0.572. The Morgan fingerprint density at radius 2 is 1.86 bits per heavy atom. The lowest BCUT2D eigenvalue weighted by Gasteiger charge is -2.15. The number of rotatable bonds is 4. The van der Waals surface area contributed by atoms with Crippen LogP contribution in [0.1, 0.15) is 18.2 Å². The fourth-order valence-electron chi connectivity index (χ4n) is 3.47. The van der Waals surface area contributed by atoms with E-state index >= 15 is 0 Å². The molecular weight excluding hydrogens is 376 g/mol. The van der Waals surface area contributed by atoms with E-state index in [1.165, 1.54) is 0 Å². The van der Waals surface area contributed by atoms with E-state index in [1.807, 2.05) is 38.1 Å². The van der Waals surface area contributed by atoms with Crippen LogP contribution in [-0.4, -0.2) is 19.9 Å². The van der Waals surface area contributed by atoms with Gasteiger partial charge in [-0.25, -0.2) is 9.38 Å². The molecule has 142 valence electrons. The van der Waals surface area contributed by atoms with Gasteiger partial charge in [-0.05, 0) is 49.7 Å². The minimum atomic E-state index is -0.204. The maximum Gasteiger partial charge on any atom is 0.262 e. The molecular formula is C21H19ClN4O2. The molecule has 0 fully saturated rings. The number of nitrogens with zero attached hydrogens (tertiary/aromatic N) is 3. The number of amides is 1. The van der Waals surface area contributed by atoms with Crippen LogP contribution in [0.15, 0.2) is 53.3 Å². The van der Waals surface area contributed by atoms with Gasteiger partial charge in [0.25, 0.3) is 5.56 Å². The molecule has 0 spiro atoms. The first-order chi connectivity index (χ1) is 13.5. The van der Waals surface area contributed by atoms with Gasteiger partial charge in [0.05, 0.1) is 11.0 Å². The Morgan fingerprint density at radius 1 is 1.14 bits per heavy atom. The standard InChI is InChI=1S/C21H19ClN4O2/c1-3-16-13(2)25(12-19(27)23-15-10-8-14(22)9-11-15)21-24-17-6-4-5-7-18(17)26(21)20(16)28/h4-11H,3,12H2,1-2H3,(H,23,27). The van der Waals surface area contributed by atoms with Crippen LogP contribution in [0.25, 0.3) is 16.8 Å². The van der Waals surface area contributed by atoms with Gasteiger partial charge in [0.1, 0.15) is 6.54 Å². The van der Waals surface area contributed by atoms with E-state index in [0.29, 0.717) is 28.5 Å². The van der Waals surface area contributed by atoms with E-state index in [0.717, 1.165) is 16.7 Å². The third-order valence-corrected chi connectivity index (χ3v) is 5.12. The van der Waals surface area contributed by atoms with Gasteiger partial charge in [-0.3, -0.25) is 9.59 Å². The average molecular weight is 395 g/mol. The number of hydrogen-bond acceptors (Lipinski definition) is 3. The van der Waals surface area contributed by atoms with Crippen molar-refractivity contribution < 1.29 is 4.79 Å². The molecule has 6 nitrogen and oxygen atoms in total. The molecule has 2 aromatic heterocycles. The number of carbonyl (C=O) groups is 1. The molecule has 28 heavy (non-hydrogen) atoms. The maximum absolute atomic E-state index is 13.0. The molecule has 0 atom stereocenters. The first-order valence-corrected chi connectivity index (χ1v) is 9.42. The third-order valence-electron chi connectivity index (χ3n) is 4.87. The number of anilines is 1. The topological polar surface area (TPSA) is 68.4 Å². The van der Waals surface area contributed by atoms with E-state index < -0.39 is 0 Å². The van der Waals surface area contributed by atoms with Gasteiger partial charge in [-0.1, -0.05) is 30.7 Å². The van der Waals surface area contributed by atoms with E-state index in [9.17, 15) is 9.59 Å². The van der Waals surface area contributed by atoms with Crippen molar-refractivity contribution in [1.29, 1.82) is 0 Å². The summed E-state index contributed by atoms with van der Waals surface area (Å²) in [7, 11) is 0. The number of hydrogen-bond donors (Lipinski definition) is 1. The summed E-state index contributed by atoms with van der Waals surface area (Å²) in [5.74, 6) is 0.261. The number of nitrogens with one attached hydrogen (secondary N) is 1. The zero-order chi connectivity index (χ0) is 19.8. The fourth-order valence-corrected chi connectivity index (χ4v) is 3.60. The molecule has 0 saturated carbocycles. The van der Waals surface area contributed by atoms with Crippen LogP contribution in [-0.2, 0) is 17.8 Å². The second-order valence-corrected chi connectivity index (χ2v) is 7.04. The fraction of sp³-hybridized carbons (Fsp3) is 0.190. The van der Waals surface area contributed by atoms with Crippen molar-refractivity contribution in [3.63, 3.8) is 0 Å². The molecule has 0 aliphatic rings. The van der Waals surface area contributed by atoms with Crippen molar-refractivity contribution in [2.75, 3.05) is 5.32 Å². The molecule has 0 aliphatic carbocycles. The molecule has 4 rings (SSSR count). The molecule has 1 N–H and O–H groups in total. The number of para-hydroxylation sites is 2. The monoisotopic (exact) mass is 394 g/mol. The summed E-state index contributed by atoms with van der Waals surface area (Å²) in [5, 5.41) is 3.47. The number of benzene rings is 2. The highest BCUT2D eigenvalue weighted by molar-refractivity contribution is 6.30. The summed E-state index contributed by atoms with van der Waals surface area (Å²) in [6, 6.07) is 14.4.